The standard InChI is InChI=1S/C21H19N3O3/c1-14-2-5-17(6-3-14)24-18-9-16(11-22-12-18)21(25)23-10-15-4-7-19-20(8-15)27-13-26-19/h2-9,11-12,24H,10,13H2,1H3,(H,23,25). The molecule has 0 saturated heterocycles. The number of anilines is 2. The van der Waals surface area contributed by atoms with E-state index in [0.717, 1.165) is 22.7 Å². The van der Waals surface area contributed by atoms with Crippen molar-refractivity contribution >= 4 is 17.3 Å². The Bertz CT molecular complexity index is 971. The molecule has 3 aromatic rings. The number of hydrogen-bond donors (Lipinski definition) is 2. The molecule has 0 radical (unpaired) electrons. The van der Waals surface area contributed by atoms with Crippen molar-refractivity contribution in [3.8, 4) is 11.5 Å². The monoisotopic (exact) mass is 361 g/mol. The van der Waals surface area contributed by atoms with Crippen LogP contribution in [-0.4, -0.2) is 17.7 Å². The first-order valence-electron chi connectivity index (χ1n) is 8.63. The van der Waals surface area contributed by atoms with Gasteiger partial charge in [-0.2, -0.15) is 0 Å². The summed E-state index contributed by atoms with van der Waals surface area (Å²) in [6.07, 6.45) is 3.24. The van der Waals surface area contributed by atoms with Crippen LogP contribution >= 0.6 is 0 Å². The quantitative estimate of drug-likeness (QED) is 0.723. The zero-order chi connectivity index (χ0) is 18.6. The first-order chi connectivity index (χ1) is 13.2. The Morgan fingerprint density at radius 3 is 2.67 bits per heavy atom. The van der Waals surface area contributed by atoms with Gasteiger partial charge in [0.2, 0.25) is 6.79 Å². The van der Waals surface area contributed by atoms with Crippen molar-refractivity contribution in [3.05, 3.63) is 77.6 Å². The lowest BCUT2D eigenvalue weighted by Crippen LogP contribution is -2.23. The van der Waals surface area contributed by atoms with Crippen LogP contribution in [0.25, 0.3) is 0 Å². The number of carbonyl (C=O) groups is 1. The van der Waals surface area contributed by atoms with Gasteiger partial charge < -0.3 is 20.1 Å². The Labute approximate surface area is 157 Å². The lowest BCUT2D eigenvalue weighted by Gasteiger charge is -2.09. The molecule has 1 amide bonds. The van der Waals surface area contributed by atoms with Gasteiger partial charge in [0.1, 0.15) is 0 Å². The van der Waals surface area contributed by atoms with Gasteiger partial charge in [-0.15, -0.1) is 0 Å². The lowest BCUT2D eigenvalue weighted by molar-refractivity contribution is 0.0950. The normalized spacial score (nSPS) is 11.9. The summed E-state index contributed by atoms with van der Waals surface area (Å²) in [6.45, 7) is 2.67. The molecule has 1 aliphatic heterocycles. The number of carbonyl (C=O) groups excluding carboxylic acids is 1. The third kappa shape index (κ3) is 4.00. The number of amides is 1. The molecule has 2 heterocycles. The lowest BCUT2D eigenvalue weighted by atomic mass is 10.2. The van der Waals surface area contributed by atoms with Crippen molar-refractivity contribution in [2.45, 2.75) is 13.5 Å². The predicted octanol–water partition coefficient (Wildman–Crippen LogP) is 3.79. The van der Waals surface area contributed by atoms with Crippen LogP contribution in [0.5, 0.6) is 11.5 Å². The van der Waals surface area contributed by atoms with Gasteiger partial charge in [0.15, 0.2) is 11.5 Å². The molecule has 6 nitrogen and oxygen atoms in total. The van der Waals surface area contributed by atoms with Gasteiger partial charge in [-0.25, -0.2) is 0 Å². The molecule has 2 aromatic carbocycles. The number of nitrogens with zero attached hydrogens (tertiary/aromatic N) is 1. The number of aryl methyl sites for hydroxylation is 1. The van der Waals surface area contributed by atoms with Gasteiger partial charge >= 0.3 is 0 Å². The molecule has 2 N–H and O–H groups in total. The summed E-state index contributed by atoms with van der Waals surface area (Å²) in [6, 6.07) is 15.4. The third-order valence-electron chi connectivity index (χ3n) is 4.23. The molecule has 0 aliphatic carbocycles. The number of nitrogens with one attached hydrogen (secondary N) is 2. The topological polar surface area (TPSA) is 72.5 Å². The largest absolute Gasteiger partial charge is 0.454 e. The summed E-state index contributed by atoms with van der Waals surface area (Å²) in [4.78, 5) is 16.6. The Morgan fingerprint density at radius 2 is 1.81 bits per heavy atom. The van der Waals surface area contributed by atoms with E-state index >= 15 is 0 Å². The first kappa shape index (κ1) is 16.9. The SMILES string of the molecule is Cc1ccc(Nc2cncc(C(=O)NCc3ccc4c(c3)OCO4)c2)cc1. The Morgan fingerprint density at radius 1 is 1.00 bits per heavy atom. The predicted molar refractivity (Wildman–Crippen MR) is 102 cm³/mol. The van der Waals surface area contributed by atoms with Gasteiger partial charge in [-0.1, -0.05) is 23.8 Å². The smallest absolute Gasteiger partial charge is 0.253 e. The molecular formula is C21H19N3O3. The highest BCUT2D eigenvalue weighted by Gasteiger charge is 2.14. The minimum absolute atomic E-state index is 0.187. The summed E-state index contributed by atoms with van der Waals surface area (Å²) in [5, 5.41) is 6.16. The molecule has 1 aliphatic rings. The zero-order valence-electron chi connectivity index (χ0n) is 14.9. The van der Waals surface area contributed by atoms with Crippen molar-refractivity contribution in [2.75, 3.05) is 12.1 Å². The molecule has 136 valence electrons. The number of hydrogen-bond acceptors (Lipinski definition) is 5. The molecule has 0 bridgehead atoms. The second kappa shape index (κ2) is 7.37. The van der Waals surface area contributed by atoms with Gasteiger partial charge in [0.25, 0.3) is 5.91 Å². The highest BCUT2D eigenvalue weighted by molar-refractivity contribution is 5.94. The van der Waals surface area contributed by atoms with Crippen molar-refractivity contribution < 1.29 is 14.3 Å². The Hall–Kier alpha value is -3.54. The highest BCUT2D eigenvalue weighted by Crippen LogP contribution is 2.32. The number of rotatable bonds is 5. The van der Waals surface area contributed by atoms with E-state index in [0.29, 0.717) is 17.9 Å². The number of aromatic nitrogens is 1. The maximum absolute atomic E-state index is 12.5. The number of benzene rings is 2. The second-order valence-corrected chi connectivity index (χ2v) is 6.32. The third-order valence-corrected chi connectivity index (χ3v) is 4.23. The summed E-state index contributed by atoms with van der Waals surface area (Å²) >= 11 is 0. The minimum Gasteiger partial charge on any atom is -0.454 e. The van der Waals surface area contributed by atoms with E-state index in [1.807, 2.05) is 49.4 Å². The van der Waals surface area contributed by atoms with E-state index < -0.39 is 0 Å². The van der Waals surface area contributed by atoms with Crippen LogP contribution in [0, 0.1) is 6.92 Å². The van der Waals surface area contributed by atoms with Crippen molar-refractivity contribution in [1.29, 1.82) is 0 Å². The van der Waals surface area contributed by atoms with E-state index in [-0.39, 0.29) is 12.7 Å². The summed E-state index contributed by atoms with van der Waals surface area (Å²) in [5.74, 6) is 1.24. The zero-order valence-corrected chi connectivity index (χ0v) is 14.9. The molecule has 0 saturated carbocycles. The fourth-order valence-electron chi connectivity index (χ4n) is 2.77. The van der Waals surface area contributed by atoms with Crippen LogP contribution in [0.3, 0.4) is 0 Å². The molecule has 0 atom stereocenters. The van der Waals surface area contributed by atoms with Crippen molar-refractivity contribution in [2.24, 2.45) is 0 Å². The number of fused-ring (bicyclic) bond motifs is 1. The Balaban J connectivity index is 1.40. The number of ether oxygens (including phenoxy) is 2. The summed E-state index contributed by atoms with van der Waals surface area (Å²) in [5.41, 5.74) is 4.33. The maximum atomic E-state index is 12.5. The molecular weight excluding hydrogens is 342 g/mol. The van der Waals surface area contributed by atoms with Crippen LogP contribution in [0.15, 0.2) is 60.9 Å². The van der Waals surface area contributed by atoms with Crippen LogP contribution in [0.1, 0.15) is 21.5 Å². The molecule has 0 spiro atoms. The van der Waals surface area contributed by atoms with E-state index in [1.165, 1.54) is 5.56 Å². The van der Waals surface area contributed by atoms with Gasteiger partial charge in [-0.05, 0) is 42.8 Å². The molecule has 6 heteroatoms. The van der Waals surface area contributed by atoms with E-state index in [4.69, 9.17) is 9.47 Å². The molecule has 1 aromatic heterocycles. The average Bonchev–Trinajstić information content (AvgIpc) is 3.16. The summed E-state index contributed by atoms with van der Waals surface area (Å²) < 4.78 is 10.6. The fourth-order valence-corrected chi connectivity index (χ4v) is 2.77. The molecule has 4 rings (SSSR count). The Kier molecular flexibility index (Phi) is 4.61. The fraction of sp³-hybridized carbons (Fsp3) is 0.143. The van der Waals surface area contributed by atoms with E-state index in [1.54, 1.807) is 18.5 Å². The molecule has 0 fully saturated rings. The van der Waals surface area contributed by atoms with Gasteiger partial charge in [-0.3, -0.25) is 9.78 Å². The van der Waals surface area contributed by atoms with Crippen LogP contribution in [0.2, 0.25) is 0 Å². The molecule has 27 heavy (non-hydrogen) atoms. The number of pyridine rings is 1. The van der Waals surface area contributed by atoms with E-state index in [9.17, 15) is 4.79 Å². The first-order valence-corrected chi connectivity index (χ1v) is 8.63. The highest BCUT2D eigenvalue weighted by atomic mass is 16.7. The van der Waals surface area contributed by atoms with Crippen LogP contribution in [0.4, 0.5) is 11.4 Å². The van der Waals surface area contributed by atoms with Crippen LogP contribution < -0.4 is 20.1 Å². The van der Waals surface area contributed by atoms with E-state index in [2.05, 4.69) is 15.6 Å². The summed E-state index contributed by atoms with van der Waals surface area (Å²) in [7, 11) is 0. The maximum Gasteiger partial charge on any atom is 0.253 e. The van der Waals surface area contributed by atoms with Crippen LogP contribution in [-0.2, 0) is 6.54 Å². The van der Waals surface area contributed by atoms with Gasteiger partial charge in [0.05, 0.1) is 17.4 Å². The minimum atomic E-state index is -0.187. The average molecular weight is 361 g/mol. The van der Waals surface area contributed by atoms with Gasteiger partial charge in [0, 0.05) is 18.4 Å². The molecule has 0 unspecified atom stereocenters. The van der Waals surface area contributed by atoms with Crippen molar-refractivity contribution in [3.63, 3.8) is 0 Å². The van der Waals surface area contributed by atoms with Crippen molar-refractivity contribution in [1.82, 2.24) is 10.3 Å². The second-order valence-electron chi connectivity index (χ2n) is 6.32.